The van der Waals surface area contributed by atoms with Gasteiger partial charge in [0.15, 0.2) is 0 Å². The van der Waals surface area contributed by atoms with Crippen molar-refractivity contribution >= 4 is 5.91 Å². The number of amides is 1. The van der Waals surface area contributed by atoms with Gasteiger partial charge in [0.25, 0.3) is 0 Å². The minimum Gasteiger partial charge on any atom is -0.355 e. The van der Waals surface area contributed by atoms with Crippen molar-refractivity contribution in [2.75, 3.05) is 33.2 Å². The second-order valence-corrected chi connectivity index (χ2v) is 3.66. The average Bonchev–Trinajstić information content (AvgIpc) is 2.41. The van der Waals surface area contributed by atoms with Crippen LogP contribution in [0.4, 0.5) is 0 Å². The highest BCUT2D eigenvalue weighted by Crippen LogP contribution is 2.15. The molecule has 1 fully saturated rings. The molecule has 4 nitrogen and oxygen atoms in total. The smallest absolute Gasteiger partial charge is 0.223 e. The predicted octanol–water partition coefficient (Wildman–Crippen LogP) is 1.46. The van der Waals surface area contributed by atoms with Gasteiger partial charge in [-0.05, 0) is 33.0 Å². The van der Waals surface area contributed by atoms with E-state index in [0.29, 0.717) is 13.1 Å². The van der Waals surface area contributed by atoms with Crippen molar-refractivity contribution in [1.82, 2.24) is 10.2 Å². The molecule has 17 heavy (non-hydrogen) atoms. The second-order valence-electron chi connectivity index (χ2n) is 3.66. The second kappa shape index (κ2) is 13.5. The summed E-state index contributed by atoms with van der Waals surface area (Å²) >= 11 is 0. The third-order valence-electron chi connectivity index (χ3n) is 2.53. The summed E-state index contributed by atoms with van der Waals surface area (Å²) in [6.45, 7) is 11.2. The highest BCUT2D eigenvalue weighted by atomic mass is 16.1. The summed E-state index contributed by atoms with van der Waals surface area (Å²) in [6, 6.07) is 0. The molecule has 1 rings (SSSR count). The van der Waals surface area contributed by atoms with Gasteiger partial charge >= 0.3 is 0 Å². The van der Waals surface area contributed by atoms with Crippen LogP contribution in [0.3, 0.4) is 0 Å². The van der Waals surface area contributed by atoms with E-state index in [1.54, 1.807) is 0 Å². The van der Waals surface area contributed by atoms with E-state index >= 15 is 0 Å². The summed E-state index contributed by atoms with van der Waals surface area (Å²) in [5.74, 6) is 0.390. The topological polar surface area (TPSA) is 58.4 Å². The first-order valence-corrected chi connectivity index (χ1v) is 6.90. The maximum Gasteiger partial charge on any atom is 0.223 e. The molecule has 4 heteroatoms. The SMILES string of the molecule is CC.CC.CN1CCC(C(=O)NCCN)CC1. The van der Waals surface area contributed by atoms with Crippen LogP contribution in [0.15, 0.2) is 0 Å². The van der Waals surface area contributed by atoms with Crippen molar-refractivity contribution < 1.29 is 4.79 Å². The van der Waals surface area contributed by atoms with E-state index in [-0.39, 0.29) is 11.8 Å². The predicted molar refractivity (Wildman–Crippen MR) is 75.0 cm³/mol. The molecule has 0 aromatic heterocycles. The van der Waals surface area contributed by atoms with E-state index in [0.717, 1.165) is 25.9 Å². The monoisotopic (exact) mass is 245 g/mol. The number of nitrogens with two attached hydrogens (primary N) is 1. The lowest BCUT2D eigenvalue weighted by Crippen LogP contribution is -2.40. The minimum atomic E-state index is 0.179. The third-order valence-corrected chi connectivity index (χ3v) is 2.53. The highest BCUT2D eigenvalue weighted by molar-refractivity contribution is 5.78. The van der Waals surface area contributed by atoms with Crippen molar-refractivity contribution in [3.05, 3.63) is 0 Å². The lowest BCUT2D eigenvalue weighted by atomic mass is 9.96. The van der Waals surface area contributed by atoms with E-state index < -0.39 is 0 Å². The standard InChI is InChI=1S/C9H19N3O.2C2H6/c1-12-6-2-8(3-7-12)9(13)11-5-4-10;2*1-2/h8H,2-7,10H2,1H3,(H,11,13);2*1-2H3. The molecule has 0 radical (unpaired) electrons. The van der Waals surface area contributed by atoms with E-state index in [4.69, 9.17) is 5.73 Å². The molecule has 0 aromatic rings. The number of hydrogen-bond acceptors (Lipinski definition) is 3. The Morgan fingerprint density at radius 1 is 1.24 bits per heavy atom. The van der Waals surface area contributed by atoms with Crippen LogP contribution in [0.1, 0.15) is 40.5 Å². The van der Waals surface area contributed by atoms with Crippen molar-refractivity contribution in [2.24, 2.45) is 11.7 Å². The van der Waals surface area contributed by atoms with Gasteiger partial charge in [0.05, 0.1) is 0 Å². The van der Waals surface area contributed by atoms with Gasteiger partial charge in [0, 0.05) is 19.0 Å². The third kappa shape index (κ3) is 9.12. The zero-order valence-corrected chi connectivity index (χ0v) is 12.3. The molecule has 0 saturated carbocycles. The summed E-state index contributed by atoms with van der Waals surface area (Å²) in [5.41, 5.74) is 5.31. The number of nitrogens with zero attached hydrogens (tertiary/aromatic N) is 1. The normalized spacial score (nSPS) is 16.1. The maximum absolute atomic E-state index is 11.5. The molecule has 0 aliphatic carbocycles. The first-order chi connectivity index (χ1) is 8.24. The van der Waals surface area contributed by atoms with Crippen molar-refractivity contribution in [1.29, 1.82) is 0 Å². The van der Waals surface area contributed by atoms with Crippen LogP contribution in [0.5, 0.6) is 0 Å². The van der Waals surface area contributed by atoms with Gasteiger partial charge in [-0.1, -0.05) is 27.7 Å². The summed E-state index contributed by atoms with van der Waals surface area (Å²) in [6.07, 6.45) is 1.96. The molecule has 3 N–H and O–H groups in total. The first kappa shape index (κ1) is 18.7. The first-order valence-electron chi connectivity index (χ1n) is 6.90. The fourth-order valence-corrected chi connectivity index (χ4v) is 1.61. The Bertz CT molecular complexity index is 166. The summed E-state index contributed by atoms with van der Waals surface area (Å²) in [4.78, 5) is 13.7. The fraction of sp³-hybridized carbons (Fsp3) is 0.923. The van der Waals surface area contributed by atoms with Crippen LogP contribution >= 0.6 is 0 Å². The molecular formula is C13H31N3O. The molecule has 1 aliphatic heterocycles. The largest absolute Gasteiger partial charge is 0.355 e. The molecule has 1 aliphatic rings. The van der Waals surface area contributed by atoms with Crippen molar-refractivity contribution in [3.63, 3.8) is 0 Å². The Kier molecular flexibility index (Phi) is 14.8. The molecule has 0 atom stereocenters. The van der Waals surface area contributed by atoms with Crippen LogP contribution < -0.4 is 11.1 Å². The lowest BCUT2D eigenvalue weighted by molar-refractivity contribution is -0.126. The van der Waals surface area contributed by atoms with Crippen LogP contribution in [-0.4, -0.2) is 44.0 Å². The Labute approximate surface area is 107 Å². The number of carbonyl (C=O) groups excluding carboxylic acids is 1. The number of rotatable bonds is 3. The highest BCUT2D eigenvalue weighted by Gasteiger charge is 2.22. The molecule has 104 valence electrons. The number of hydrogen-bond donors (Lipinski definition) is 2. The Balaban J connectivity index is 0. The number of nitrogens with one attached hydrogen (secondary N) is 1. The quantitative estimate of drug-likeness (QED) is 0.791. The van der Waals surface area contributed by atoms with Gasteiger partial charge in [0.1, 0.15) is 0 Å². The molecule has 1 saturated heterocycles. The lowest BCUT2D eigenvalue weighted by Gasteiger charge is -2.27. The van der Waals surface area contributed by atoms with E-state index in [2.05, 4.69) is 17.3 Å². The Morgan fingerprint density at radius 2 is 1.71 bits per heavy atom. The van der Waals surface area contributed by atoms with E-state index in [1.807, 2.05) is 27.7 Å². The molecule has 0 spiro atoms. The van der Waals surface area contributed by atoms with Crippen LogP contribution in [0, 0.1) is 5.92 Å². The number of carbonyl (C=O) groups is 1. The number of likely N-dealkylation sites (tertiary alicyclic amines) is 1. The van der Waals surface area contributed by atoms with Gasteiger partial charge in [-0.3, -0.25) is 4.79 Å². The molecule has 0 aromatic carbocycles. The summed E-state index contributed by atoms with van der Waals surface area (Å²) in [7, 11) is 2.09. The maximum atomic E-state index is 11.5. The van der Waals surface area contributed by atoms with Gasteiger partial charge in [-0.25, -0.2) is 0 Å². The molecular weight excluding hydrogens is 214 g/mol. The van der Waals surface area contributed by atoms with Gasteiger partial charge in [-0.2, -0.15) is 0 Å². The van der Waals surface area contributed by atoms with E-state index in [1.165, 1.54) is 0 Å². The van der Waals surface area contributed by atoms with Crippen LogP contribution in [0.25, 0.3) is 0 Å². The fourth-order valence-electron chi connectivity index (χ4n) is 1.61. The molecule has 1 amide bonds. The van der Waals surface area contributed by atoms with E-state index in [9.17, 15) is 4.79 Å². The Morgan fingerprint density at radius 3 is 2.12 bits per heavy atom. The average molecular weight is 245 g/mol. The molecule has 0 bridgehead atoms. The van der Waals surface area contributed by atoms with Crippen LogP contribution in [-0.2, 0) is 4.79 Å². The van der Waals surface area contributed by atoms with Gasteiger partial charge in [-0.15, -0.1) is 0 Å². The number of piperidine rings is 1. The summed E-state index contributed by atoms with van der Waals surface area (Å²) in [5, 5.41) is 2.83. The zero-order valence-electron chi connectivity index (χ0n) is 12.3. The zero-order chi connectivity index (χ0) is 13.7. The minimum absolute atomic E-state index is 0.179. The molecule has 0 unspecified atom stereocenters. The van der Waals surface area contributed by atoms with Gasteiger partial charge in [0.2, 0.25) is 5.91 Å². The Hall–Kier alpha value is -0.610. The van der Waals surface area contributed by atoms with Gasteiger partial charge < -0.3 is 16.0 Å². The van der Waals surface area contributed by atoms with Crippen molar-refractivity contribution in [2.45, 2.75) is 40.5 Å². The summed E-state index contributed by atoms with van der Waals surface area (Å²) < 4.78 is 0. The van der Waals surface area contributed by atoms with Crippen molar-refractivity contribution in [3.8, 4) is 0 Å². The molecule has 1 heterocycles. The van der Waals surface area contributed by atoms with Crippen LogP contribution in [0.2, 0.25) is 0 Å².